The molecule has 0 aliphatic rings. The van der Waals surface area contributed by atoms with E-state index in [9.17, 15) is 4.79 Å². The molecule has 0 spiro atoms. The van der Waals surface area contributed by atoms with Gasteiger partial charge in [0, 0.05) is 17.5 Å². The molecule has 0 aromatic heterocycles. The van der Waals surface area contributed by atoms with E-state index >= 15 is 0 Å². The van der Waals surface area contributed by atoms with E-state index in [1.165, 1.54) is 0 Å². The fraction of sp³-hybridized carbons (Fsp3) is 0.409. The molecule has 0 aliphatic heterocycles. The van der Waals surface area contributed by atoms with Gasteiger partial charge >= 0.3 is 0 Å². The zero-order valence-corrected chi connectivity index (χ0v) is 17.8. The first-order valence-corrected chi connectivity index (χ1v) is 10.6. The van der Waals surface area contributed by atoms with Crippen molar-refractivity contribution in [1.29, 1.82) is 0 Å². The maximum absolute atomic E-state index is 13.4. The van der Waals surface area contributed by atoms with Gasteiger partial charge in [0.25, 0.3) is 0 Å². The minimum atomic E-state index is -1.45. The molecule has 0 aliphatic carbocycles. The standard InChI is InChI=1S/C22H29O4P/c1-6-24-12-13-26-27(20-10-8-19(9-11-20)25-7-2)22(23)21-17(4)14-16(3)15-18(21)5/h8-11,14-15H,6-7,12-13H2,1-5H3. The zero-order valence-electron chi connectivity index (χ0n) is 16.9. The Morgan fingerprint density at radius 2 is 1.56 bits per heavy atom. The SMILES string of the molecule is CCOCCOP(C(=O)c1c(C)cc(C)cc1C)c1ccc(OCC)cc1. The van der Waals surface area contributed by atoms with Gasteiger partial charge in [-0.3, -0.25) is 4.79 Å². The molecule has 2 rings (SSSR count). The molecule has 0 fully saturated rings. The lowest BCUT2D eigenvalue weighted by atomic mass is 10.0. The number of carbonyl (C=O) groups excluding carboxylic acids is 1. The summed E-state index contributed by atoms with van der Waals surface area (Å²) in [5.74, 6) is 0.792. The van der Waals surface area contributed by atoms with Gasteiger partial charge in [-0.15, -0.1) is 0 Å². The van der Waals surface area contributed by atoms with Crippen molar-refractivity contribution >= 4 is 19.0 Å². The third-order valence-electron chi connectivity index (χ3n) is 4.11. The van der Waals surface area contributed by atoms with Crippen molar-refractivity contribution in [3.63, 3.8) is 0 Å². The van der Waals surface area contributed by atoms with Crippen LogP contribution in [-0.2, 0) is 9.26 Å². The van der Waals surface area contributed by atoms with Gasteiger partial charge in [0.1, 0.15) is 13.9 Å². The van der Waals surface area contributed by atoms with Gasteiger partial charge in [0.15, 0.2) is 0 Å². The number of rotatable bonds is 10. The van der Waals surface area contributed by atoms with Crippen molar-refractivity contribution in [1.82, 2.24) is 0 Å². The highest BCUT2D eigenvalue weighted by Gasteiger charge is 2.26. The maximum atomic E-state index is 13.4. The fourth-order valence-electron chi connectivity index (χ4n) is 3.05. The van der Waals surface area contributed by atoms with Crippen LogP contribution < -0.4 is 10.0 Å². The van der Waals surface area contributed by atoms with Gasteiger partial charge in [0.2, 0.25) is 5.52 Å². The van der Waals surface area contributed by atoms with Crippen molar-refractivity contribution in [2.75, 3.05) is 26.4 Å². The van der Waals surface area contributed by atoms with Crippen LogP contribution in [-0.4, -0.2) is 32.0 Å². The van der Waals surface area contributed by atoms with Crippen LogP contribution in [0.5, 0.6) is 5.75 Å². The summed E-state index contributed by atoms with van der Waals surface area (Å²) in [5.41, 5.74) is 3.94. The average Bonchev–Trinajstić information content (AvgIpc) is 2.62. The van der Waals surface area contributed by atoms with E-state index in [-0.39, 0.29) is 5.52 Å². The Morgan fingerprint density at radius 3 is 2.11 bits per heavy atom. The highest BCUT2D eigenvalue weighted by Crippen LogP contribution is 2.42. The van der Waals surface area contributed by atoms with Gasteiger partial charge in [-0.2, -0.15) is 0 Å². The second kappa shape index (κ2) is 10.6. The lowest BCUT2D eigenvalue weighted by molar-refractivity contribution is 0.102. The van der Waals surface area contributed by atoms with E-state index in [1.54, 1.807) is 0 Å². The third-order valence-corrected chi connectivity index (χ3v) is 5.91. The molecule has 0 amide bonds. The van der Waals surface area contributed by atoms with Gasteiger partial charge < -0.3 is 14.0 Å². The molecule has 0 saturated carbocycles. The molecule has 4 nitrogen and oxygen atoms in total. The first-order valence-electron chi connectivity index (χ1n) is 9.33. The van der Waals surface area contributed by atoms with Crippen molar-refractivity contribution in [2.24, 2.45) is 0 Å². The summed E-state index contributed by atoms with van der Waals surface area (Å²) in [6.45, 7) is 12.0. The summed E-state index contributed by atoms with van der Waals surface area (Å²) in [6, 6.07) is 11.7. The molecule has 2 aromatic rings. The quantitative estimate of drug-likeness (QED) is 0.428. The average molecular weight is 388 g/mol. The van der Waals surface area contributed by atoms with Crippen LogP contribution in [0.4, 0.5) is 0 Å². The summed E-state index contributed by atoms with van der Waals surface area (Å²) >= 11 is 0. The highest BCUT2D eigenvalue weighted by atomic mass is 31.1. The van der Waals surface area contributed by atoms with E-state index in [2.05, 4.69) is 0 Å². The molecular weight excluding hydrogens is 359 g/mol. The van der Waals surface area contributed by atoms with Crippen LogP contribution in [0.2, 0.25) is 0 Å². The first kappa shape index (κ1) is 21.6. The van der Waals surface area contributed by atoms with Gasteiger partial charge in [-0.1, -0.05) is 17.7 Å². The van der Waals surface area contributed by atoms with Crippen LogP contribution >= 0.6 is 8.15 Å². The molecule has 5 heteroatoms. The van der Waals surface area contributed by atoms with Gasteiger partial charge in [0.05, 0.1) is 19.8 Å². The molecule has 27 heavy (non-hydrogen) atoms. The van der Waals surface area contributed by atoms with E-state index in [0.717, 1.165) is 33.3 Å². The summed E-state index contributed by atoms with van der Waals surface area (Å²) in [4.78, 5) is 13.4. The van der Waals surface area contributed by atoms with Crippen molar-refractivity contribution < 1.29 is 18.8 Å². The Balaban J connectivity index is 2.32. The Kier molecular flexibility index (Phi) is 8.43. The third kappa shape index (κ3) is 5.87. The number of ether oxygens (including phenoxy) is 2. The minimum Gasteiger partial charge on any atom is -0.494 e. The lowest BCUT2D eigenvalue weighted by Crippen LogP contribution is -2.15. The molecule has 0 saturated heterocycles. The topological polar surface area (TPSA) is 44.8 Å². The number of carbonyl (C=O) groups is 1. The molecule has 0 N–H and O–H groups in total. The summed E-state index contributed by atoms with van der Waals surface area (Å²) < 4.78 is 16.9. The number of benzene rings is 2. The normalized spacial score (nSPS) is 12.0. The van der Waals surface area contributed by atoms with Crippen LogP contribution in [0.25, 0.3) is 0 Å². The molecule has 1 unspecified atom stereocenters. The van der Waals surface area contributed by atoms with Crippen molar-refractivity contribution in [3.05, 3.63) is 58.7 Å². The van der Waals surface area contributed by atoms with E-state index < -0.39 is 8.15 Å². The largest absolute Gasteiger partial charge is 0.494 e. The van der Waals surface area contributed by atoms with E-state index in [4.69, 9.17) is 14.0 Å². The van der Waals surface area contributed by atoms with Gasteiger partial charge in [-0.25, -0.2) is 0 Å². The van der Waals surface area contributed by atoms with Crippen molar-refractivity contribution in [3.8, 4) is 5.75 Å². The Labute approximate surface area is 163 Å². The summed E-state index contributed by atoms with van der Waals surface area (Å²) in [5, 5.41) is 0.884. The second-order valence-corrected chi connectivity index (χ2v) is 8.10. The van der Waals surface area contributed by atoms with Gasteiger partial charge in [-0.05, 0) is 70.0 Å². The zero-order chi connectivity index (χ0) is 19.8. The molecule has 0 bridgehead atoms. The second-order valence-electron chi connectivity index (χ2n) is 6.33. The summed E-state index contributed by atoms with van der Waals surface area (Å²) in [7, 11) is -1.45. The Bertz CT molecular complexity index is 732. The monoisotopic (exact) mass is 388 g/mol. The van der Waals surface area contributed by atoms with Crippen LogP contribution in [0, 0.1) is 20.8 Å². The maximum Gasteiger partial charge on any atom is 0.216 e. The molecule has 0 heterocycles. The molecular formula is C22H29O4P. The van der Waals surface area contributed by atoms with Crippen LogP contribution in [0.15, 0.2) is 36.4 Å². The minimum absolute atomic E-state index is 0.0423. The number of hydrogen-bond acceptors (Lipinski definition) is 4. The first-order chi connectivity index (χ1) is 13.0. The number of hydrogen-bond donors (Lipinski definition) is 0. The smallest absolute Gasteiger partial charge is 0.216 e. The number of aryl methyl sites for hydroxylation is 3. The van der Waals surface area contributed by atoms with E-state index in [0.29, 0.717) is 26.4 Å². The summed E-state index contributed by atoms with van der Waals surface area (Å²) in [6.07, 6.45) is 0. The molecule has 1 atom stereocenters. The molecule has 2 aromatic carbocycles. The molecule has 0 radical (unpaired) electrons. The van der Waals surface area contributed by atoms with Crippen LogP contribution in [0.3, 0.4) is 0 Å². The highest BCUT2D eigenvalue weighted by molar-refractivity contribution is 7.78. The van der Waals surface area contributed by atoms with E-state index in [1.807, 2.05) is 71.0 Å². The van der Waals surface area contributed by atoms with Crippen LogP contribution in [0.1, 0.15) is 40.9 Å². The lowest BCUT2D eigenvalue weighted by Gasteiger charge is -2.20. The molecule has 146 valence electrons. The van der Waals surface area contributed by atoms with Crippen molar-refractivity contribution in [2.45, 2.75) is 34.6 Å². The fourth-order valence-corrected chi connectivity index (χ4v) is 4.78. The Morgan fingerprint density at radius 1 is 0.926 bits per heavy atom. The predicted molar refractivity (Wildman–Crippen MR) is 112 cm³/mol. The predicted octanol–water partition coefficient (Wildman–Crippen LogP) is 4.93. The Hall–Kier alpha value is -1.74.